The minimum Gasteiger partial charge on any atom is -0.382 e. The highest BCUT2D eigenvalue weighted by molar-refractivity contribution is 5.44. The van der Waals surface area contributed by atoms with Crippen molar-refractivity contribution in [3.63, 3.8) is 0 Å². The molecule has 13 heavy (non-hydrogen) atoms. The van der Waals surface area contributed by atoms with Gasteiger partial charge >= 0.3 is 0 Å². The van der Waals surface area contributed by atoms with Crippen molar-refractivity contribution < 1.29 is 0 Å². The minimum atomic E-state index is 0.451. The fraction of sp³-hybridized carbons (Fsp3) is 0.700. The zero-order valence-electron chi connectivity index (χ0n) is 8.89. The summed E-state index contributed by atoms with van der Waals surface area (Å²) < 4.78 is 0. The Morgan fingerprint density at radius 3 is 2.38 bits per heavy atom. The average molecular weight is 181 g/mol. The second-order valence-corrected chi connectivity index (χ2v) is 4.25. The molecule has 0 unspecified atom stereocenters. The van der Waals surface area contributed by atoms with Crippen LogP contribution in [0.4, 0.5) is 5.82 Å². The number of nitrogens with zero attached hydrogens (tertiary/aromatic N) is 1. The van der Waals surface area contributed by atoms with Gasteiger partial charge in [0.05, 0.1) is 0 Å². The number of hydrogen-bond acceptors (Lipinski definition) is 2. The quantitative estimate of drug-likeness (QED) is 0.751. The molecule has 0 aliphatic carbocycles. The van der Waals surface area contributed by atoms with E-state index in [9.17, 15) is 0 Å². The highest BCUT2D eigenvalue weighted by atomic mass is 15.2. The Bertz CT molecular complexity index is 274. The molecule has 1 heterocycles. The lowest BCUT2D eigenvalue weighted by Crippen LogP contribution is -2.01. The van der Waals surface area contributed by atoms with Crippen LogP contribution in [0.1, 0.15) is 44.9 Å². The second kappa shape index (κ2) is 3.81. The van der Waals surface area contributed by atoms with E-state index in [1.165, 1.54) is 11.3 Å². The van der Waals surface area contributed by atoms with Gasteiger partial charge in [0, 0.05) is 11.3 Å². The predicted octanol–water partition coefficient (Wildman–Crippen LogP) is 2.31. The summed E-state index contributed by atoms with van der Waals surface area (Å²) in [6, 6.07) is 0. The lowest BCUT2D eigenvalue weighted by atomic mass is 9.98. The standard InChI is InChI=1S/C10H19N3/c1-6(2)5-8-9(7(3)4)10(11)13-12-8/h6-7H,5H2,1-4H3,(H3,11,12,13). The fourth-order valence-corrected chi connectivity index (χ4v) is 1.61. The van der Waals surface area contributed by atoms with E-state index in [0.29, 0.717) is 17.7 Å². The normalized spacial score (nSPS) is 11.5. The monoisotopic (exact) mass is 181 g/mol. The van der Waals surface area contributed by atoms with Crippen molar-refractivity contribution in [1.29, 1.82) is 0 Å². The van der Waals surface area contributed by atoms with E-state index in [2.05, 4.69) is 37.9 Å². The summed E-state index contributed by atoms with van der Waals surface area (Å²) in [5.74, 6) is 1.75. The Kier molecular flexibility index (Phi) is 2.96. The molecule has 74 valence electrons. The van der Waals surface area contributed by atoms with Gasteiger partial charge in [-0.1, -0.05) is 27.7 Å². The Balaban J connectivity index is 2.94. The van der Waals surface area contributed by atoms with Crippen molar-refractivity contribution in [3.05, 3.63) is 11.3 Å². The van der Waals surface area contributed by atoms with E-state index < -0.39 is 0 Å². The predicted molar refractivity (Wildman–Crippen MR) is 55.6 cm³/mol. The van der Waals surface area contributed by atoms with Crippen LogP contribution in [0.3, 0.4) is 0 Å². The molecule has 0 radical (unpaired) electrons. The van der Waals surface area contributed by atoms with Crippen LogP contribution in [0.5, 0.6) is 0 Å². The molecule has 1 rings (SSSR count). The van der Waals surface area contributed by atoms with E-state index >= 15 is 0 Å². The Morgan fingerprint density at radius 1 is 1.31 bits per heavy atom. The molecule has 1 aromatic heterocycles. The molecule has 1 aromatic rings. The van der Waals surface area contributed by atoms with Crippen LogP contribution in [0.25, 0.3) is 0 Å². The summed E-state index contributed by atoms with van der Waals surface area (Å²) in [4.78, 5) is 0. The molecule has 3 nitrogen and oxygen atoms in total. The zero-order valence-corrected chi connectivity index (χ0v) is 8.89. The van der Waals surface area contributed by atoms with Crippen LogP contribution in [0.15, 0.2) is 0 Å². The molecule has 0 saturated heterocycles. The SMILES string of the molecule is CC(C)Cc1[nH]nc(N)c1C(C)C. The topological polar surface area (TPSA) is 54.7 Å². The average Bonchev–Trinajstić information content (AvgIpc) is 2.30. The first-order chi connectivity index (χ1) is 6.02. The molecule has 0 spiro atoms. The van der Waals surface area contributed by atoms with Crippen LogP contribution < -0.4 is 5.73 Å². The summed E-state index contributed by atoms with van der Waals surface area (Å²) in [5.41, 5.74) is 8.16. The lowest BCUT2D eigenvalue weighted by Gasteiger charge is -2.08. The van der Waals surface area contributed by atoms with Gasteiger partial charge in [0.25, 0.3) is 0 Å². The van der Waals surface area contributed by atoms with Crippen molar-refractivity contribution >= 4 is 5.82 Å². The highest BCUT2D eigenvalue weighted by Crippen LogP contribution is 2.25. The lowest BCUT2D eigenvalue weighted by molar-refractivity contribution is 0.626. The van der Waals surface area contributed by atoms with Crippen molar-refractivity contribution in [2.24, 2.45) is 5.92 Å². The van der Waals surface area contributed by atoms with Gasteiger partial charge in [0.15, 0.2) is 0 Å². The van der Waals surface area contributed by atoms with E-state index in [1.807, 2.05) is 0 Å². The van der Waals surface area contributed by atoms with Crippen LogP contribution in [-0.2, 0) is 6.42 Å². The Morgan fingerprint density at radius 2 is 1.92 bits per heavy atom. The number of anilines is 1. The number of nitrogens with two attached hydrogens (primary N) is 1. The Labute approximate surface area is 79.7 Å². The first-order valence-electron chi connectivity index (χ1n) is 4.85. The van der Waals surface area contributed by atoms with E-state index in [4.69, 9.17) is 5.73 Å². The summed E-state index contributed by atoms with van der Waals surface area (Å²) in [5, 5.41) is 7.06. The van der Waals surface area contributed by atoms with Crippen LogP contribution >= 0.6 is 0 Å². The van der Waals surface area contributed by atoms with Gasteiger partial charge < -0.3 is 5.73 Å². The molecular formula is C10H19N3. The molecular weight excluding hydrogens is 162 g/mol. The molecule has 0 bridgehead atoms. The number of rotatable bonds is 3. The van der Waals surface area contributed by atoms with E-state index in [-0.39, 0.29) is 0 Å². The van der Waals surface area contributed by atoms with Gasteiger partial charge in [-0.3, -0.25) is 5.10 Å². The number of nitrogen functional groups attached to an aromatic ring is 1. The van der Waals surface area contributed by atoms with Gasteiger partial charge in [0.2, 0.25) is 0 Å². The van der Waals surface area contributed by atoms with Crippen molar-refractivity contribution in [2.45, 2.75) is 40.0 Å². The zero-order chi connectivity index (χ0) is 10.0. The maximum Gasteiger partial charge on any atom is 0.148 e. The van der Waals surface area contributed by atoms with Crippen molar-refractivity contribution in [2.75, 3.05) is 5.73 Å². The summed E-state index contributed by atoms with van der Waals surface area (Å²) >= 11 is 0. The van der Waals surface area contributed by atoms with E-state index in [0.717, 1.165) is 6.42 Å². The molecule has 3 heteroatoms. The third-order valence-corrected chi connectivity index (χ3v) is 2.10. The molecule has 0 saturated carbocycles. The van der Waals surface area contributed by atoms with E-state index in [1.54, 1.807) is 0 Å². The minimum absolute atomic E-state index is 0.451. The number of aromatic nitrogens is 2. The third-order valence-electron chi connectivity index (χ3n) is 2.10. The summed E-state index contributed by atoms with van der Waals surface area (Å²) in [6.45, 7) is 8.68. The van der Waals surface area contributed by atoms with Gasteiger partial charge in [-0.05, 0) is 18.3 Å². The molecule has 0 amide bonds. The third kappa shape index (κ3) is 2.23. The molecule has 0 aliphatic heterocycles. The number of hydrogen-bond donors (Lipinski definition) is 2. The number of H-pyrrole nitrogens is 1. The first-order valence-corrected chi connectivity index (χ1v) is 4.85. The molecule has 0 aromatic carbocycles. The second-order valence-electron chi connectivity index (χ2n) is 4.25. The number of nitrogens with one attached hydrogen (secondary N) is 1. The van der Waals surface area contributed by atoms with Crippen LogP contribution in [-0.4, -0.2) is 10.2 Å². The smallest absolute Gasteiger partial charge is 0.148 e. The Hall–Kier alpha value is -0.990. The van der Waals surface area contributed by atoms with Gasteiger partial charge in [-0.15, -0.1) is 0 Å². The van der Waals surface area contributed by atoms with Crippen LogP contribution in [0, 0.1) is 5.92 Å². The molecule has 0 atom stereocenters. The summed E-state index contributed by atoms with van der Waals surface area (Å²) in [7, 11) is 0. The molecule has 0 aliphatic rings. The largest absolute Gasteiger partial charge is 0.382 e. The van der Waals surface area contributed by atoms with Crippen molar-refractivity contribution in [1.82, 2.24) is 10.2 Å². The first kappa shape index (κ1) is 10.1. The molecule has 0 fully saturated rings. The van der Waals surface area contributed by atoms with Gasteiger partial charge in [-0.2, -0.15) is 5.10 Å². The maximum atomic E-state index is 5.78. The molecule has 3 N–H and O–H groups in total. The van der Waals surface area contributed by atoms with Gasteiger partial charge in [0.1, 0.15) is 5.82 Å². The maximum absolute atomic E-state index is 5.78. The highest BCUT2D eigenvalue weighted by Gasteiger charge is 2.14. The van der Waals surface area contributed by atoms with Gasteiger partial charge in [-0.25, -0.2) is 0 Å². The summed E-state index contributed by atoms with van der Waals surface area (Å²) in [6.07, 6.45) is 1.03. The fourth-order valence-electron chi connectivity index (χ4n) is 1.61. The number of aromatic amines is 1. The van der Waals surface area contributed by atoms with Crippen molar-refractivity contribution in [3.8, 4) is 0 Å². The van der Waals surface area contributed by atoms with Crippen LogP contribution in [0.2, 0.25) is 0 Å².